The molecule has 0 radical (unpaired) electrons. The number of aliphatic hydroxyl groups excluding tert-OH is 2. The van der Waals surface area contributed by atoms with Gasteiger partial charge in [0.25, 0.3) is 0 Å². The number of aliphatic hydroxyl groups is 2. The molecular weight excluding hydrogens is 276 g/mol. The lowest BCUT2D eigenvalue weighted by atomic mass is 10.2. The average molecular weight is 308 g/mol. The van der Waals surface area contributed by atoms with Crippen molar-refractivity contribution >= 4 is 0 Å². The van der Waals surface area contributed by atoms with Crippen LogP contribution < -0.4 is 0 Å². The second kappa shape index (κ2) is 16.1. The summed E-state index contributed by atoms with van der Waals surface area (Å²) in [5.74, 6) is 0. The lowest BCUT2D eigenvalue weighted by Crippen LogP contribution is -2.19. The molecule has 1 saturated heterocycles. The molecule has 2 atom stereocenters. The van der Waals surface area contributed by atoms with E-state index in [1.54, 1.807) is 0 Å². The van der Waals surface area contributed by atoms with Gasteiger partial charge in [-0.05, 0) is 13.3 Å². The van der Waals surface area contributed by atoms with Crippen LogP contribution in [0.25, 0.3) is 0 Å². The highest BCUT2D eigenvalue weighted by atomic mass is 16.7. The van der Waals surface area contributed by atoms with E-state index in [9.17, 15) is 0 Å². The third-order valence-electron chi connectivity index (χ3n) is 2.75. The number of rotatable bonds is 13. The summed E-state index contributed by atoms with van der Waals surface area (Å²) in [7, 11) is 0. The fraction of sp³-hybridized carbons (Fsp3) is 1.00. The Hall–Kier alpha value is -0.240. The Morgan fingerprint density at radius 1 is 1.05 bits per heavy atom. The maximum Gasteiger partial charge on any atom is 0.155 e. The normalized spacial score (nSPS) is 18.0. The summed E-state index contributed by atoms with van der Waals surface area (Å²) in [5.41, 5.74) is 0. The first-order valence-electron chi connectivity index (χ1n) is 7.88. The summed E-state index contributed by atoms with van der Waals surface area (Å²) in [6.07, 6.45) is 4.73. The summed E-state index contributed by atoms with van der Waals surface area (Å²) in [6.45, 7) is 7.12. The lowest BCUT2D eigenvalue weighted by Gasteiger charge is -2.13. The van der Waals surface area contributed by atoms with Gasteiger partial charge < -0.3 is 29.2 Å². The van der Waals surface area contributed by atoms with Crippen LogP contribution in [0.15, 0.2) is 0 Å². The second-order valence-corrected chi connectivity index (χ2v) is 4.85. The molecule has 0 aromatic rings. The monoisotopic (exact) mass is 308 g/mol. The molecule has 1 fully saturated rings. The van der Waals surface area contributed by atoms with Crippen LogP contribution >= 0.6 is 0 Å². The molecule has 0 spiro atoms. The molecule has 21 heavy (non-hydrogen) atoms. The van der Waals surface area contributed by atoms with Crippen molar-refractivity contribution in [2.24, 2.45) is 0 Å². The fourth-order valence-corrected chi connectivity index (χ4v) is 1.43. The summed E-state index contributed by atoms with van der Waals surface area (Å²) in [6, 6.07) is 0. The molecule has 0 bridgehead atoms. The van der Waals surface area contributed by atoms with Crippen molar-refractivity contribution in [3.63, 3.8) is 0 Å². The Morgan fingerprint density at radius 3 is 2.38 bits per heavy atom. The molecule has 1 rings (SSSR count). The van der Waals surface area contributed by atoms with Crippen molar-refractivity contribution in [2.75, 3.05) is 46.2 Å². The SMILES string of the molecule is CC(OCCOCCO)OCC1CO1.CCCCCCO. The molecule has 1 aliphatic rings. The molecule has 1 heterocycles. The molecule has 2 unspecified atom stereocenters. The van der Waals surface area contributed by atoms with Gasteiger partial charge in [-0.2, -0.15) is 0 Å². The zero-order valence-corrected chi connectivity index (χ0v) is 13.5. The smallest absolute Gasteiger partial charge is 0.155 e. The van der Waals surface area contributed by atoms with Crippen molar-refractivity contribution in [3.8, 4) is 0 Å². The molecule has 2 N–H and O–H groups in total. The molecular formula is C15H32O6. The van der Waals surface area contributed by atoms with Crippen molar-refractivity contribution in [2.45, 2.75) is 51.9 Å². The molecule has 0 amide bonds. The van der Waals surface area contributed by atoms with Gasteiger partial charge in [-0.3, -0.25) is 0 Å². The Labute approximate surface area is 128 Å². The van der Waals surface area contributed by atoms with Crippen molar-refractivity contribution in [1.29, 1.82) is 0 Å². The molecule has 0 aromatic carbocycles. The minimum absolute atomic E-state index is 0.0467. The summed E-state index contributed by atoms with van der Waals surface area (Å²) in [5, 5.41) is 16.7. The standard InChI is InChI=1S/C9H18O5.C6H14O/c1-8(13-6-9-7-14-9)12-5-4-11-3-2-10;1-2-3-4-5-6-7/h8-10H,2-7H2,1H3;7H,2-6H2,1H3. The number of hydrogen-bond acceptors (Lipinski definition) is 6. The highest BCUT2D eigenvalue weighted by molar-refractivity contribution is 4.67. The van der Waals surface area contributed by atoms with Crippen LogP contribution in [0, 0.1) is 0 Å². The summed E-state index contributed by atoms with van der Waals surface area (Å²) < 4.78 is 20.6. The van der Waals surface area contributed by atoms with Gasteiger partial charge in [0.1, 0.15) is 6.10 Å². The Kier molecular flexibility index (Phi) is 16.0. The predicted molar refractivity (Wildman–Crippen MR) is 80.2 cm³/mol. The van der Waals surface area contributed by atoms with E-state index >= 15 is 0 Å². The first kappa shape index (κ1) is 20.8. The van der Waals surface area contributed by atoms with Crippen LogP contribution in [0.5, 0.6) is 0 Å². The van der Waals surface area contributed by atoms with E-state index in [2.05, 4.69) is 6.92 Å². The zero-order chi connectivity index (χ0) is 15.8. The van der Waals surface area contributed by atoms with Gasteiger partial charge in [-0.25, -0.2) is 0 Å². The van der Waals surface area contributed by atoms with Crippen LogP contribution in [-0.4, -0.2) is 68.9 Å². The molecule has 0 aliphatic carbocycles. The van der Waals surface area contributed by atoms with Gasteiger partial charge in [0.2, 0.25) is 0 Å². The minimum atomic E-state index is -0.225. The van der Waals surface area contributed by atoms with E-state index in [0.29, 0.717) is 33.0 Å². The van der Waals surface area contributed by atoms with Gasteiger partial charge in [0, 0.05) is 6.61 Å². The van der Waals surface area contributed by atoms with Gasteiger partial charge in [-0.1, -0.05) is 26.2 Å². The maximum atomic E-state index is 8.42. The third kappa shape index (κ3) is 17.7. The van der Waals surface area contributed by atoms with E-state index in [-0.39, 0.29) is 19.0 Å². The van der Waals surface area contributed by atoms with Crippen molar-refractivity contribution < 1.29 is 29.2 Å². The number of epoxide rings is 1. The molecule has 0 aromatic heterocycles. The van der Waals surface area contributed by atoms with Gasteiger partial charge in [-0.15, -0.1) is 0 Å². The second-order valence-electron chi connectivity index (χ2n) is 4.85. The van der Waals surface area contributed by atoms with Crippen LogP contribution in [0.2, 0.25) is 0 Å². The van der Waals surface area contributed by atoms with E-state index in [0.717, 1.165) is 13.0 Å². The first-order valence-corrected chi connectivity index (χ1v) is 7.88. The highest BCUT2D eigenvalue weighted by Crippen LogP contribution is 2.09. The van der Waals surface area contributed by atoms with Crippen LogP contribution in [0.3, 0.4) is 0 Å². The Morgan fingerprint density at radius 2 is 1.81 bits per heavy atom. The van der Waals surface area contributed by atoms with Gasteiger partial charge in [0.05, 0.1) is 39.6 Å². The zero-order valence-electron chi connectivity index (χ0n) is 13.5. The predicted octanol–water partition coefficient (Wildman–Crippen LogP) is 1.33. The third-order valence-corrected chi connectivity index (χ3v) is 2.75. The summed E-state index contributed by atoms with van der Waals surface area (Å²) in [4.78, 5) is 0. The van der Waals surface area contributed by atoms with E-state index < -0.39 is 0 Å². The molecule has 128 valence electrons. The average Bonchev–Trinajstić information content (AvgIpc) is 3.30. The molecule has 6 nitrogen and oxygen atoms in total. The fourth-order valence-electron chi connectivity index (χ4n) is 1.43. The van der Waals surface area contributed by atoms with Crippen molar-refractivity contribution in [1.82, 2.24) is 0 Å². The topological polar surface area (TPSA) is 80.7 Å². The van der Waals surface area contributed by atoms with Crippen LogP contribution in [0.4, 0.5) is 0 Å². The molecule has 0 saturated carbocycles. The highest BCUT2D eigenvalue weighted by Gasteiger charge is 2.23. The maximum absolute atomic E-state index is 8.42. The largest absolute Gasteiger partial charge is 0.396 e. The molecule has 6 heteroatoms. The minimum Gasteiger partial charge on any atom is -0.396 e. The van der Waals surface area contributed by atoms with Crippen molar-refractivity contribution in [3.05, 3.63) is 0 Å². The van der Waals surface area contributed by atoms with E-state index in [1.807, 2.05) is 6.92 Å². The van der Waals surface area contributed by atoms with Crippen LogP contribution in [0.1, 0.15) is 39.5 Å². The Balaban J connectivity index is 0.000000486. The first-order chi connectivity index (χ1) is 10.2. The van der Waals surface area contributed by atoms with Gasteiger partial charge >= 0.3 is 0 Å². The number of unbranched alkanes of at least 4 members (excludes halogenated alkanes) is 3. The van der Waals surface area contributed by atoms with Gasteiger partial charge in [0.15, 0.2) is 6.29 Å². The number of ether oxygens (including phenoxy) is 4. The van der Waals surface area contributed by atoms with Crippen LogP contribution in [-0.2, 0) is 18.9 Å². The quantitative estimate of drug-likeness (QED) is 0.303. The summed E-state index contributed by atoms with van der Waals surface area (Å²) >= 11 is 0. The lowest BCUT2D eigenvalue weighted by molar-refractivity contribution is -0.142. The van der Waals surface area contributed by atoms with E-state index in [1.165, 1.54) is 19.3 Å². The van der Waals surface area contributed by atoms with E-state index in [4.69, 9.17) is 29.2 Å². The molecule has 1 aliphatic heterocycles. The Bertz CT molecular complexity index is 195. The number of hydrogen-bond donors (Lipinski definition) is 2.